The summed E-state index contributed by atoms with van der Waals surface area (Å²) in [6.07, 6.45) is 0.868. The number of aromatic nitrogens is 3. The molecule has 16 heteroatoms. The molecule has 2 unspecified atom stereocenters. The Labute approximate surface area is 266 Å². The van der Waals surface area contributed by atoms with Gasteiger partial charge in [0, 0.05) is 41.7 Å². The number of carbonyl (C=O) groups is 1. The molecule has 0 spiro atoms. The molecular formula is C31H34F5N9O2. The first kappa shape index (κ1) is 34.7. The number of hydrogen-bond acceptors (Lipinski definition) is 9. The molecule has 2 aromatic heterocycles. The molecule has 2 atom stereocenters. The van der Waals surface area contributed by atoms with Gasteiger partial charge in [-0.3, -0.25) is 24.1 Å². The van der Waals surface area contributed by atoms with E-state index in [0.29, 0.717) is 42.6 Å². The quantitative estimate of drug-likeness (QED) is 0.0771. The number of halogens is 5. The first-order valence-corrected chi connectivity index (χ1v) is 14.6. The predicted octanol–water partition coefficient (Wildman–Crippen LogP) is 4.57. The van der Waals surface area contributed by atoms with E-state index in [-0.39, 0.29) is 33.9 Å². The minimum atomic E-state index is -4.81. The molecule has 0 aliphatic carbocycles. The van der Waals surface area contributed by atoms with Crippen molar-refractivity contribution in [3.8, 4) is 11.3 Å². The van der Waals surface area contributed by atoms with Gasteiger partial charge in [0.2, 0.25) is 5.91 Å². The molecule has 7 N–H and O–H groups in total. The number of amides is 1. The van der Waals surface area contributed by atoms with E-state index in [9.17, 15) is 31.5 Å². The van der Waals surface area contributed by atoms with Gasteiger partial charge in [-0.1, -0.05) is 26.3 Å². The number of hydrogen-bond donors (Lipinski definition) is 5. The van der Waals surface area contributed by atoms with Gasteiger partial charge in [-0.2, -0.15) is 22.0 Å². The first-order valence-electron chi connectivity index (χ1n) is 14.6. The van der Waals surface area contributed by atoms with Crippen molar-refractivity contribution in [3.63, 3.8) is 0 Å². The highest BCUT2D eigenvalue weighted by atomic mass is 19.4. The normalized spacial score (nSPS) is 19.4. The summed E-state index contributed by atoms with van der Waals surface area (Å²) in [6.45, 7) is 0.525. The average molecular weight is 660 g/mol. The van der Waals surface area contributed by atoms with Gasteiger partial charge in [-0.15, -0.1) is 0 Å². The number of pyridine rings is 1. The molecule has 4 rings (SSSR count). The Morgan fingerprint density at radius 1 is 1.19 bits per heavy atom. The lowest BCUT2D eigenvalue weighted by Gasteiger charge is -2.24. The Balaban J connectivity index is 1.83. The van der Waals surface area contributed by atoms with Crippen LogP contribution in [0.5, 0.6) is 0 Å². The third-order valence-corrected chi connectivity index (χ3v) is 7.70. The van der Waals surface area contributed by atoms with Gasteiger partial charge >= 0.3 is 12.7 Å². The number of allylic oxidation sites excluding steroid dienone is 2. The van der Waals surface area contributed by atoms with E-state index in [1.165, 1.54) is 41.4 Å². The summed E-state index contributed by atoms with van der Waals surface area (Å²) in [5, 5.41) is 13.0. The summed E-state index contributed by atoms with van der Waals surface area (Å²) in [4.78, 5) is 35.4. The minimum absolute atomic E-state index is 0.111. The number of anilines is 1. The molecular weight excluding hydrogens is 625 g/mol. The largest absolute Gasteiger partial charge is 0.432 e. The highest BCUT2D eigenvalue weighted by Gasteiger charge is 2.32. The lowest BCUT2D eigenvalue weighted by molar-refractivity contribution is -0.123. The standard InChI is InChI=1S/C31H34F5N9O2/c1-3-18-7-8-24(45(39)15-26(38)31(34,35)36)20(11-18)21-13-27(46)44(16-41-21)25-6-4-5-17(2)29(47)42-23(14-37)28(43-30(32)33)19-9-10-40-22(25)12-19/h7-17,25,30,37,43H,3-6,38-39H2,1-2H3,(H,42,47)/b26-15-,28-23+,37-14?. The summed E-state index contributed by atoms with van der Waals surface area (Å²) >= 11 is 0. The zero-order valence-electron chi connectivity index (χ0n) is 25.5. The number of nitrogens with two attached hydrogens (primary N) is 2. The molecule has 1 aliphatic heterocycles. The van der Waals surface area contributed by atoms with Gasteiger partial charge in [0.05, 0.1) is 40.8 Å². The van der Waals surface area contributed by atoms with Gasteiger partial charge in [-0.25, -0.2) is 10.8 Å². The Morgan fingerprint density at radius 3 is 2.57 bits per heavy atom. The van der Waals surface area contributed by atoms with Crippen LogP contribution in [0.4, 0.5) is 27.6 Å². The molecule has 2 bridgehead atoms. The van der Waals surface area contributed by atoms with Crippen LogP contribution in [-0.2, 0) is 11.2 Å². The number of alkyl halides is 5. The van der Waals surface area contributed by atoms with Gasteiger partial charge in [0.15, 0.2) is 0 Å². The van der Waals surface area contributed by atoms with E-state index in [0.717, 1.165) is 11.8 Å². The number of fused-ring (bicyclic) bond motifs is 2. The van der Waals surface area contributed by atoms with Gasteiger partial charge in [0.25, 0.3) is 5.56 Å². The minimum Gasteiger partial charge on any atom is -0.393 e. The smallest absolute Gasteiger partial charge is 0.393 e. The highest BCUT2D eigenvalue weighted by Crippen LogP contribution is 2.32. The van der Waals surface area contributed by atoms with Crippen LogP contribution in [0.2, 0.25) is 0 Å². The molecule has 250 valence electrons. The van der Waals surface area contributed by atoms with Gasteiger partial charge in [0.1, 0.15) is 5.70 Å². The molecule has 47 heavy (non-hydrogen) atoms. The number of carbonyl (C=O) groups excluding carboxylic acids is 1. The van der Waals surface area contributed by atoms with Crippen LogP contribution >= 0.6 is 0 Å². The maximum atomic E-state index is 13.7. The van der Waals surface area contributed by atoms with Crippen molar-refractivity contribution in [2.45, 2.75) is 58.3 Å². The molecule has 1 aliphatic rings. The van der Waals surface area contributed by atoms with Crippen LogP contribution in [0.3, 0.4) is 0 Å². The number of nitrogens with one attached hydrogen (secondary N) is 3. The monoisotopic (exact) mass is 659 g/mol. The van der Waals surface area contributed by atoms with Crippen molar-refractivity contribution in [3.05, 3.63) is 93.7 Å². The van der Waals surface area contributed by atoms with E-state index >= 15 is 0 Å². The van der Waals surface area contributed by atoms with E-state index in [2.05, 4.69) is 15.3 Å². The fraction of sp³-hybridized carbons (Fsp3) is 0.323. The Bertz CT molecular complexity index is 1750. The summed E-state index contributed by atoms with van der Waals surface area (Å²) in [7, 11) is 0. The Morgan fingerprint density at radius 2 is 1.94 bits per heavy atom. The van der Waals surface area contributed by atoms with Crippen molar-refractivity contribution >= 4 is 23.5 Å². The topological polar surface area (TPSA) is 168 Å². The number of nitrogens with zero attached hydrogens (tertiary/aromatic N) is 4. The second kappa shape index (κ2) is 14.5. The van der Waals surface area contributed by atoms with Crippen LogP contribution in [0.15, 0.2) is 71.3 Å². The third kappa shape index (κ3) is 8.19. The van der Waals surface area contributed by atoms with Crippen molar-refractivity contribution in [1.82, 2.24) is 25.2 Å². The second-order valence-electron chi connectivity index (χ2n) is 10.9. The van der Waals surface area contributed by atoms with Gasteiger partial charge < -0.3 is 21.8 Å². The van der Waals surface area contributed by atoms with E-state index in [1.54, 1.807) is 19.1 Å². The van der Waals surface area contributed by atoms with Crippen molar-refractivity contribution < 1.29 is 26.7 Å². The number of benzene rings is 1. The molecule has 0 saturated heterocycles. The van der Waals surface area contributed by atoms with Crippen LogP contribution in [0.25, 0.3) is 17.0 Å². The summed E-state index contributed by atoms with van der Waals surface area (Å²) in [5.74, 6) is 4.96. The summed E-state index contributed by atoms with van der Waals surface area (Å²) in [5.41, 5.74) is 4.72. The first-order chi connectivity index (χ1) is 22.2. The highest BCUT2D eigenvalue weighted by molar-refractivity contribution is 5.95. The lowest BCUT2D eigenvalue weighted by Crippen LogP contribution is -2.33. The van der Waals surface area contributed by atoms with Gasteiger partial charge in [-0.05, 0) is 49.1 Å². The molecule has 0 radical (unpaired) electrons. The number of aryl methyl sites for hydroxylation is 1. The fourth-order valence-corrected chi connectivity index (χ4v) is 5.13. The Kier molecular flexibility index (Phi) is 10.7. The number of hydrazine groups is 1. The summed E-state index contributed by atoms with van der Waals surface area (Å²) in [6, 6.07) is 8.24. The zero-order valence-corrected chi connectivity index (χ0v) is 25.5. The van der Waals surface area contributed by atoms with Crippen LogP contribution in [0, 0.1) is 11.3 Å². The zero-order chi connectivity index (χ0) is 34.5. The second-order valence-corrected chi connectivity index (χ2v) is 10.9. The molecule has 3 aromatic rings. The maximum absolute atomic E-state index is 13.7. The molecule has 11 nitrogen and oxygen atoms in total. The van der Waals surface area contributed by atoms with Crippen LogP contribution in [0.1, 0.15) is 56.0 Å². The van der Waals surface area contributed by atoms with E-state index in [4.69, 9.17) is 17.0 Å². The fourth-order valence-electron chi connectivity index (χ4n) is 5.13. The van der Waals surface area contributed by atoms with Crippen molar-refractivity contribution in [2.24, 2.45) is 17.5 Å². The Hall–Kier alpha value is -5.12. The van der Waals surface area contributed by atoms with E-state index in [1.807, 2.05) is 12.2 Å². The molecule has 0 saturated carbocycles. The molecule has 1 aromatic carbocycles. The maximum Gasteiger partial charge on any atom is 0.432 e. The molecule has 3 heterocycles. The van der Waals surface area contributed by atoms with E-state index < -0.39 is 41.8 Å². The van der Waals surface area contributed by atoms with Crippen LogP contribution in [-0.4, -0.2) is 39.4 Å². The number of rotatable bonds is 8. The molecule has 1 amide bonds. The SMILES string of the molecule is CCc1ccc(N(N)/C=C(\N)C(F)(F)F)c(-c2cc(=O)n(C3CCCC(C)C(=O)N/C(C=N)=C(/NC(F)F)c4ccnc3c4)cn2)c1. The molecule has 0 fully saturated rings. The third-order valence-electron chi connectivity index (χ3n) is 7.70. The summed E-state index contributed by atoms with van der Waals surface area (Å²) < 4.78 is 67.8. The van der Waals surface area contributed by atoms with Crippen molar-refractivity contribution in [2.75, 3.05) is 5.01 Å². The predicted molar refractivity (Wildman–Crippen MR) is 167 cm³/mol. The average Bonchev–Trinajstić information content (AvgIpc) is 3.03. The lowest BCUT2D eigenvalue weighted by atomic mass is 9.96. The van der Waals surface area contributed by atoms with Crippen LogP contribution < -0.4 is 32.8 Å². The van der Waals surface area contributed by atoms with Crippen molar-refractivity contribution in [1.29, 1.82) is 5.41 Å².